The van der Waals surface area contributed by atoms with Crippen LogP contribution in [-0.4, -0.2) is 35.9 Å². The van der Waals surface area contributed by atoms with Crippen molar-refractivity contribution in [2.45, 2.75) is 70.4 Å². The molecule has 2 aliphatic rings. The summed E-state index contributed by atoms with van der Waals surface area (Å²) in [6, 6.07) is 11.5. The Morgan fingerprint density at radius 2 is 1.50 bits per heavy atom. The molecule has 2 fully saturated rings. The molecule has 1 aromatic heterocycles. The average molecular weight is 414 g/mol. The molecule has 2 aliphatic heterocycles. The highest BCUT2D eigenvalue weighted by molar-refractivity contribution is 5.40. The summed E-state index contributed by atoms with van der Waals surface area (Å²) < 4.78 is 23.5. The van der Waals surface area contributed by atoms with Gasteiger partial charge >= 0.3 is 0 Å². The van der Waals surface area contributed by atoms with Crippen LogP contribution in [0.1, 0.15) is 67.0 Å². The minimum atomic E-state index is -0.857. The fraction of sp³-hybridized carbons (Fsp3) is 0.542. The van der Waals surface area contributed by atoms with Gasteiger partial charge in [-0.1, -0.05) is 24.3 Å². The third-order valence-electron chi connectivity index (χ3n) is 5.65. The van der Waals surface area contributed by atoms with E-state index in [0.29, 0.717) is 18.9 Å². The number of aliphatic hydroxyl groups excluding tert-OH is 1. The number of aliphatic hydroxyl groups is 1. The summed E-state index contributed by atoms with van der Waals surface area (Å²) in [5.74, 6) is 0. The first-order chi connectivity index (χ1) is 14.8. The van der Waals surface area contributed by atoms with Gasteiger partial charge in [0.1, 0.15) is 6.10 Å². The van der Waals surface area contributed by atoms with Gasteiger partial charge in [0.25, 0.3) is 0 Å². The summed E-state index contributed by atoms with van der Waals surface area (Å²) in [6.07, 6.45) is 6.66. The summed E-state index contributed by atoms with van der Waals surface area (Å²) in [5.41, 5.74) is 3.25. The van der Waals surface area contributed by atoms with E-state index >= 15 is 0 Å². The number of benzene rings is 1. The molecule has 4 rings (SSSR count). The van der Waals surface area contributed by atoms with Crippen LogP contribution in [0.25, 0.3) is 0 Å². The van der Waals surface area contributed by atoms with Gasteiger partial charge in [-0.2, -0.15) is 0 Å². The summed E-state index contributed by atoms with van der Waals surface area (Å²) in [6.45, 7) is 2.22. The number of aromatic nitrogens is 1. The normalized spacial score (nSPS) is 23.2. The van der Waals surface area contributed by atoms with Crippen LogP contribution in [0.3, 0.4) is 0 Å². The predicted molar refractivity (Wildman–Crippen MR) is 112 cm³/mol. The summed E-state index contributed by atoms with van der Waals surface area (Å²) >= 11 is 0. The molecule has 2 aromatic rings. The third kappa shape index (κ3) is 5.65. The smallest absolute Gasteiger partial charge is 0.158 e. The maximum absolute atomic E-state index is 11.2. The van der Waals surface area contributed by atoms with Crippen LogP contribution in [0, 0.1) is 0 Å². The Balaban J connectivity index is 1.54. The second-order valence-corrected chi connectivity index (χ2v) is 7.86. The highest BCUT2D eigenvalue weighted by atomic mass is 16.7. The zero-order valence-corrected chi connectivity index (χ0v) is 17.4. The molecule has 2 saturated heterocycles. The average Bonchev–Trinajstić information content (AvgIpc) is 2.83. The highest BCUT2D eigenvalue weighted by Gasteiger charge is 2.23. The summed E-state index contributed by atoms with van der Waals surface area (Å²) in [7, 11) is 0. The van der Waals surface area contributed by atoms with E-state index < -0.39 is 6.10 Å². The van der Waals surface area contributed by atoms with E-state index in [1.54, 1.807) is 6.20 Å². The summed E-state index contributed by atoms with van der Waals surface area (Å²) in [5, 5.41) is 11.2. The number of pyridine rings is 1. The maximum atomic E-state index is 11.2. The van der Waals surface area contributed by atoms with Gasteiger partial charge in [0.15, 0.2) is 12.6 Å². The Hall–Kier alpha value is -1.83. The maximum Gasteiger partial charge on any atom is 0.158 e. The first kappa shape index (κ1) is 21.4. The molecule has 6 nitrogen and oxygen atoms in total. The molecule has 0 radical (unpaired) electrons. The van der Waals surface area contributed by atoms with Crippen molar-refractivity contribution >= 4 is 0 Å². The van der Waals surface area contributed by atoms with Gasteiger partial charge in [0.05, 0.1) is 18.9 Å². The van der Waals surface area contributed by atoms with Crippen LogP contribution in [0.2, 0.25) is 0 Å². The number of nitrogens with zero attached hydrogens (tertiary/aromatic N) is 1. The lowest BCUT2D eigenvalue weighted by molar-refractivity contribution is -0.170. The first-order valence-electron chi connectivity index (χ1n) is 11.0. The number of rotatable bonds is 8. The second-order valence-electron chi connectivity index (χ2n) is 7.86. The zero-order chi connectivity index (χ0) is 20.6. The fourth-order valence-corrected chi connectivity index (χ4v) is 4.01. The lowest BCUT2D eigenvalue weighted by Crippen LogP contribution is -2.23. The van der Waals surface area contributed by atoms with Gasteiger partial charge in [-0.3, -0.25) is 4.98 Å². The van der Waals surface area contributed by atoms with E-state index in [0.717, 1.165) is 68.4 Å². The molecule has 3 unspecified atom stereocenters. The molecule has 3 atom stereocenters. The molecule has 0 spiro atoms. The molecular formula is C24H31NO5. The van der Waals surface area contributed by atoms with Gasteiger partial charge in [0, 0.05) is 19.4 Å². The molecule has 162 valence electrons. The van der Waals surface area contributed by atoms with Crippen molar-refractivity contribution in [1.82, 2.24) is 4.98 Å². The fourth-order valence-electron chi connectivity index (χ4n) is 4.01. The quantitative estimate of drug-likeness (QED) is 0.698. The minimum absolute atomic E-state index is 0.186. The van der Waals surface area contributed by atoms with Crippen molar-refractivity contribution in [2.24, 2.45) is 0 Å². The molecule has 1 N–H and O–H groups in total. The van der Waals surface area contributed by atoms with Gasteiger partial charge in [-0.15, -0.1) is 0 Å². The number of ether oxygens (including phenoxy) is 4. The van der Waals surface area contributed by atoms with E-state index in [-0.39, 0.29) is 12.6 Å². The van der Waals surface area contributed by atoms with Gasteiger partial charge in [-0.05, 0) is 67.3 Å². The van der Waals surface area contributed by atoms with Crippen molar-refractivity contribution in [1.29, 1.82) is 0 Å². The Bertz CT molecular complexity index is 732. The van der Waals surface area contributed by atoms with E-state index in [1.165, 1.54) is 0 Å². The van der Waals surface area contributed by atoms with Crippen LogP contribution in [0.15, 0.2) is 42.6 Å². The van der Waals surface area contributed by atoms with Crippen molar-refractivity contribution in [3.8, 4) is 0 Å². The number of hydrogen-bond acceptors (Lipinski definition) is 6. The van der Waals surface area contributed by atoms with Crippen LogP contribution in [-0.2, 0) is 32.2 Å². The standard InChI is InChI=1S/C24H31NO5/c26-24(20-10-1-4-13-25-20)23-18(16-29-21-11-2-5-14-27-21)8-7-9-19(23)17-30-22-12-3-6-15-28-22/h1,4,7-10,13,21-22,24,26H,2-3,5-6,11-12,14-17H2. The van der Waals surface area contributed by atoms with Gasteiger partial charge in [-0.25, -0.2) is 0 Å². The molecule has 6 heteroatoms. The minimum Gasteiger partial charge on any atom is -0.382 e. The Kier molecular flexibility index (Phi) is 7.83. The van der Waals surface area contributed by atoms with Crippen LogP contribution >= 0.6 is 0 Å². The lowest BCUT2D eigenvalue weighted by atomic mass is 9.94. The topological polar surface area (TPSA) is 70.0 Å². The molecule has 1 aromatic carbocycles. The summed E-state index contributed by atoms with van der Waals surface area (Å²) in [4.78, 5) is 4.36. The van der Waals surface area contributed by atoms with Crippen LogP contribution in [0.4, 0.5) is 0 Å². The van der Waals surface area contributed by atoms with Gasteiger partial charge in [0.2, 0.25) is 0 Å². The Morgan fingerprint density at radius 1 is 0.867 bits per heavy atom. The van der Waals surface area contributed by atoms with Crippen molar-refractivity contribution < 1.29 is 24.1 Å². The third-order valence-corrected chi connectivity index (χ3v) is 5.65. The molecule has 0 amide bonds. The Labute approximate surface area is 178 Å². The Morgan fingerprint density at radius 3 is 2.00 bits per heavy atom. The molecular weight excluding hydrogens is 382 g/mol. The molecule has 3 heterocycles. The van der Waals surface area contributed by atoms with E-state index in [9.17, 15) is 5.11 Å². The van der Waals surface area contributed by atoms with E-state index in [1.807, 2.05) is 36.4 Å². The largest absolute Gasteiger partial charge is 0.382 e. The van der Waals surface area contributed by atoms with Crippen molar-refractivity contribution in [2.75, 3.05) is 13.2 Å². The van der Waals surface area contributed by atoms with Crippen LogP contribution in [0.5, 0.6) is 0 Å². The monoisotopic (exact) mass is 413 g/mol. The number of hydrogen-bond donors (Lipinski definition) is 1. The van der Waals surface area contributed by atoms with Crippen molar-refractivity contribution in [3.63, 3.8) is 0 Å². The zero-order valence-electron chi connectivity index (χ0n) is 17.4. The predicted octanol–water partition coefficient (Wildman–Crippen LogP) is 4.25. The first-order valence-corrected chi connectivity index (χ1v) is 11.0. The lowest BCUT2D eigenvalue weighted by Gasteiger charge is -2.26. The van der Waals surface area contributed by atoms with Crippen LogP contribution < -0.4 is 0 Å². The molecule has 0 aliphatic carbocycles. The molecule has 0 saturated carbocycles. The SMILES string of the molecule is OC(c1ccccn1)c1c(COC2CCCCO2)cccc1COC1CCCCO1. The van der Waals surface area contributed by atoms with E-state index in [4.69, 9.17) is 18.9 Å². The van der Waals surface area contributed by atoms with E-state index in [2.05, 4.69) is 4.98 Å². The second kappa shape index (κ2) is 11.0. The molecule has 0 bridgehead atoms. The van der Waals surface area contributed by atoms with Gasteiger partial charge < -0.3 is 24.1 Å². The highest BCUT2D eigenvalue weighted by Crippen LogP contribution is 2.30. The van der Waals surface area contributed by atoms with Crippen molar-refractivity contribution in [3.05, 3.63) is 65.0 Å². The molecule has 30 heavy (non-hydrogen) atoms.